The van der Waals surface area contributed by atoms with Gasteiger partial charge in [0.1, 0.15) is 0 Å². The van der Waals surface area contributed by atoms with E-state index in [1.807, 2.05) is 0 Å². The van der Waals surface area contributed by atoms with Crippen LogP contribution in [0.4, 0.5) is 0 Å². The van der Waals surface area contributed by atoms with Gasteiger partial charge in [-0.15, -0.1) is 6.42 Å². The van der Waals surface area contributed by atoms with Crippen molar-refractivity contribution >= 4 is 5.91 Å². The number of nitrogens with zero attached hydrogens (tertiary/aromatic N) is 1. The van der Waals surface area contributed by atoms with Gasteiger partial charge in [0.2, 0.25) is 5.91 Å². The molecule has 1 rings (SSSR count). The van der Waals surface area contributed by atoms with Gasteiger partial charge in [0, 0.05) is 19.0 Å². The molecule has 2 N–H and O–H groups in total. The first-order chi connectivity index (χ1) is 6.65. The first kappa shape index (κ1) is 11.1. The van der Waals surface area contributed by atoms with E-state index in [0.29, 0.717) is 6.54 Å². The Bertz CT molecular complexity index is 236. The number of nitrogens with two attached hydrogens (primary N) is 1. The lowest BCUT2D eigenvalue weighted by atomic mass is 9.85. The Morgan fingerprint density at radius 3 is 2.57 bits per heavy atom. The van der Waals surface area contributed by atoms with Crippen molar-refractivity contribution in [1.82, 2.24) is 4.90 Å². The summed E-state index contributed by atoms with van der Waals surface area (Å²) in [6.07, 6.45) is 8.90. The number of rotatable bonds is 2. The topological polar surface area (TPSA) is 46.3 Å². The maximum atomic E-state index is 11.8. The van der Waals surface area contributed by atoms with Gasteiger partial charge in [-0.3, -0.25) is 4.79 Å². The normalized spacial score (nSPS) is 26.6. The van der Waals surface area contributed by atoms with Crippen LogP contribution in [0.2, 0.25) is 0 Å². The Morgan fingerprint density at radius 1 is 1.50 bits per heavy atom. The average molecular weight is 194 g/mol. The molecule has 3 nitrogen and oxygen atoms in total. The van der Waals surface area contributed by atoms with Crippen LogP contribution >= 0.6 is 0 Å². The molecule has 0 aromatic rings. The van der Waals surface area contributed by atoms with Crippen LogP contribution in [-0.4, -0.2) is 30.4 Å². The van der Waals surface area contributed by atoms with Gasteiger partial charge in [-0.05, 0) is 25.7 Å². The highest BCUT2D eigenvalue weighted by atomic mass is 16.2. The Labute approximate surface area is 85.6 Å². The molecular weight excluding hydrogens is 176 g/mol. The van der Waals surface area contributed by atoms with Crippen LogP contribution in [0.1, 0.15) is 25.7 Å². The summed E-state index contributed by atoms with van der Waals surface area (Å²) in [6.45, 7) is 0.404. The molecule has 0 aromatic heterocycles. The molecule has 1 aliphatic carbocycles. The highest BCUT2D eigenvalue weighted by Gasteiger charge is 2.26. The van der Waals surface area contributed by atoms with Gasteiger partial charge in [0.05, 0.1) is 6.54 Å². The van der Waals surface area contributed by atoms with Gasteiger partial charge in [-0.25, -0.2) is 0 Å². The highest BCUT2D eigenvalue weighted by Crippen LogP contribution is 2.24. The predicted octanol–water partition coefficient (Wildman–Crippen LogP) is 0.595. The fraction of sp³-hybridized carbons (Fsp3) is 0.727. The molecule has 3 heteroatoms. The van der Waals surface area contributed by atoms with Gasteiger partial charge < -0.3 is 10.6 Å². The highest BCUT2D eigenvalue weighted by molar-refractivity contribution is 5.78. The molecule has 0 radical (unpaired) electrons. The van der Waals surface area contributed by atoms with Crippen molar-refractivity contribution in [2.45, 2.75) is 31.7 Å². The number of hydrogen-bond acceptors (Lipinski definition) is 2. The lowest BCUT2D eigenvalue weighted by Crippen LogP contribution is -2.37. The SMILES string of the molecule is C#CCN(C)C(=O)C1CCC(N)CC1. The van der Waals surface area contributed by atoms with E-state index in [0.717, 1.165) is 25.7 Å². The number of carbonyl (C=O) groups is 1. The van der Waals surface area contributed by atoms with Crippen molar-refractivity contribution in [3.8, 4) is 12.3 Å². The van der Waals surface area contributed by atoms with Gasteiger partial charge in [0.25, 0.3) is 0 Å². The fourth-order valence-electron chi connectivity index (χ4n) is 1.89. The Balaban J connectivity index is 2.42. The van der Waals surface area contributed by atoms with Crippen LogP contribution in [0, 0.1) is 18.3 Å². The summed E-state index contributed by atoms with van der Waals surface area (Å²) in [5, 5.41) is 0. The van der Waals surface area contributed by atoms with E-state index >= 15 is 0 Å². The van der Waals surface area contributed by atoms with Gasteiger partial charge in [-0.1, -0.05) is 5.92 Å². The van der Waals surface area contributed by atoms with E-state index in [4.69, 9.17) is 12.2 Å². The third-order valence-corrected chi connectivity index (χ3v) is 2.83. The molecule has 0 aromatic carbocycles. The summed E-state index contributed by atoms with van der Waals surface area (Å²) in [4.78, 5) is 13.4. The van der Waals surface area contributed by atoms with Crippen LogP contribution < -0.4 is 5.73 Å². The molecule has 14 heavy (non-hydrogen) atoms. The van der Waals surface area contributed by atoms with Crippen molar-refractivity contribution in [2.75, 3.05) is 13.6 Å². The summed E-state index contributed by atoms with van der Waals surface area (Å²) in [6, 6.07) is 0.289. The van der Waals surface area contributed by atoms with Gasteiger partial charge >= 0.3 is 0 Å². The molecule has 0 atom stereocenters. The monoisotopic (exact) mass is 194 g/mol. The summed E-state index contributed by atoms with van der Waals surface area (Å²) < 4.78 is 0. The maximum Gasteiger partial charge on any atom is 0.226 e. The van der Waals surface area contributed by atoms with E-state index in [1.54, 1.807) is 11.9 Å². The second-order valence-electron chi connectivity index (χ2n) is 4.01. The number of carbonyl (C=O) groups excluding carboxylic acids is 1. The summed E-state index contributed by atoms with van der Waals surface area (Å²) in [7, 11) is 1.76. The van der Waals surface area contributed by atoms with E-state index in [-0.39, 0.29) is 17.9 Å². The fourth-order valence-corrected chi connectivity index (χ4v) is 1.89. The smallest absolute Gasteiger partial charge is 0.226 e. The summed E-state index contributed by atoms with van der Waals surface area (Å²) in [5.41, 5.74) is 5.77. The molecule has 0 bridgehead atoms. The molecule has 1 amide bonds. The zero-order valence-electron chi connectivity index (χ0n) is 8.70. The molecule has 0 unspecified atom stereocenters. The standard InChI is InChI=1S/C11H18N2O/c1-3-8-13(2)11(14)9-4-6-10(12)7-5-9/h1,9-10H,4-8,12H2,2H3. The minimum Gasteiger partial charge on any atom is -0.334 e. The van der Waals surface area contributed by atoms with Gasteiger partial charge in [0.15, 0.2) is 0 Å². The van der Waals surface area contributed by atoms with Gasteiger partial charge in [-0.2, -0.15) is 0 Å². The molecule has 1 aliphatic rings. The second kappa shape index (κ2) is 5.02. The first-order valence-corrected chi connectivity index (χ1v) is 5.09. The Kier molecular flexibility index (Phi) is 3.97. The molecule has 1 fully saturated rings. The van der Waals surface area contributed by atoms with E-state index < -0.39 is 0 Å². The van der Waals surface area contributed by atoms with Crippen molar-refractivity contribution in [1.29, 1.82) is 0 Å². The zero-order chi connectivity index (χ0) is 10.6. The van der Waals surface area contributed by atoms with Crippen molar-refractivity contribution < 1.29 is 4.79 Å². The minimum absolute atomic E-state index is 0.146. The molecule has 0 heterocycles. The molecule has 0 saturated heterocycles. The van der Waals surface area contributed by atoms with E-state index in [2.05, 4.69) is 5.92 Å². The lowest BCUT2D eigenvalue weighted by molar-refractivity contribution is -0.134. The van der Waals surface area contributed by atoms with Crippen LogP contribution in [-0.2, 0) is 4.79 Å². The molecule has 78 valence electrons. The van der Waals surface area contributed by atoms with Crippen LogP contribution in [0.25, 0.3) is 0 Å². The second-order valence-corrected chi connectivity index (χ2v) is 4.01. The average Bonchev–Trinajstić information content (AvgIpc) is 2.18. The molecule has 1 saturated carbocycles. The minimum atomic E-state index is 0.146. The molecule has 0 spiro atoms. The quantitative estimate of drug-likeness (QED) is 0.654. The predicted molar refractivity (Wildman–Crippen MR) is 56.4 cm³/mol. The molecular formula is C11H18N2O. The molecule has 0 aliphatic heterocycles. The van der Waals surface area contributed by atoms with Crippen molar-refractivity contribution in [3.63, 3.8) is 0 Å². The zero-order valence-corrected chi connectivity index (χ0v) is 8.70. The Hall–Kier alpha value is -1.01. The first-order valence-electron chi connectivity index (χ1n) is 5.09. The van der Waals surface area contributed by atoms with Crippen LogP contribution in [0.5, 0.6) is 0 Å². The van der Waals surface area contributed by atoms with Crippen molar-refractivity contribution in [3.05, 3.63) is 0 Å². The third-order valence-electron chi connectivity index (χ3n) is 2.83. The van der Waals surface area contributed by atoms with Crippen molar-refractivity contribution in [2.24, 2.45) is 11.7 Å². The van der Waals surface area contributed by atoms with E-state index in [9.17, 15) is 4.79 Å². The Morgan fingerprint density at radius 2 is 2.07 bits per heavy atom. The number of amides is 1. The third kappa shape index (κ3) is 2.74. The largest absolute Gasteiger partial charge is 0.334 e. The van der Waals surface area contributed by atoms with Crippen LogP contribution in [0.3, 0.4) is 0 Å². The number of terminal acetylenes is 1. The summed E-state index contributed by atoms with van der Waals surface area (Å²) >= 11 is 0. The summed E-state index contributed by atoms with van der Waals surface area (Å²) in [5.74, 6) is 2.80. The number of hydrogen-bond donors (Lipinski definition) is 1. The lowest BCUT2D eigenvalue weighted by Gasteiger charge is -2.28. The van der Waals surface area contributed by atoms with E-state index in [1.165, 1.54) is 0 Å². The van der Waals surface area contributed by atoms with Crippen LogP contribution in [0.15, 0.2) is 0 Å². The maximum absolute atomic E-state index is 11.8.